The van der Waals surface area contributed by atoms with Crippen LogP contribution in [-0.2, 0) is 14.4 Å². The zero-order valence-electron chi connectivity index (χ0n) is 13.7. The summed E-state index contributed by atoms with van der Waals surface area (Å²) < 4.78 is 5.42. The topological polar surface area (TPSA) is 95.9 Å². The third-order valence-corrected chi connectivity index (χ3v) is 3.90. The SMILES string of the molecule is CCOc1ccccc1NC(=O)CC(=O)N1CCC[C@@H](C(=O)O)C1. The fourth-order valence-corrected chi connectivity index (χ4v) is 2.70. The lowest BCUT2D eigenvalue weighted by Crippen LogP contribution is -2.43. The molecule has 0 unspecified atom stereocenters. The number of aliphatic carboxylic acids is 1. The van der Waals surface area contributed by atoms with E-state index in [0.717, 1.165) is 0 Å². The van der Waals surface area contributed by atoms with Crippen LogP contribution in [-0.4, -0.2) is 47.5 Å². The van der Waals surface area contributed by atoms with E-state index in [0.29, 0.717) is 37.4 Å². The summed E-state index contributed by atoms with van der Waals surface area (Å²) in [6.45, 7) is 2.97. The summed E-state index contributed by atoms with van der Waals surface area (Å²) in [5.41, 5.74) is 0.513. The molecule has 2 amide bonds. The number of anilines is 1. The molecule has 1 heterocycles. The molecule has 1 fully saturated rings. The van der Waals surface area contributed by atoms with Crippen molar-refractivity contribution in [2.24, 2.45) is 5.92 Å². The Bertz CT molecular complexity index is 617. The number of para-hydroxylation sites is 2. The Labute approximate surface area is 140 Å². The molecule has 1 aliphatic rings. The van der Waals surface area contributed by atoms with E-state index in [4.69, 9.17) is 9.84 Å². The van der Waals surface area contributed by atoms with E-state index >= 15 is 0 Å². The number of rotatable bonds is 6. The molecule has 0 aliphatic carbocycles. The lowest BCUT2D eigenvalue weighted by atomic mass is 9.98. The molecule has 2 rings (SSSR count). The van der Waals surface area contributed by atoms with Gasteiger partial charge in [0.15, 0.2) is 0 Å². The number of nitrogens with zero attached hydrogens (tertiary/aromatic N) is 1. The summed E-state index contributed by atoms with van der Waals surface area (Å²) in [7, 11) is 0. The monoisotopic (exact) mass is 334 g/mol. The van der Waals surface area contributed by atoms with Gasteiger partial charge in [-0.1, -0.05) is 12.1 Å². The van der Waals surface area contributed by atoms with Crippen LogP contribution in [0.5, 0.6) is 5.75 Å². The molecule has 0 bridgehead atoms. The standard InChI is InChI=1S/C17H22N2O5/c1-2-24-14-8-4-3-7-13(14)18-15(20)10-16(21)19-9-5-6-12(11-19)17(22)23/h3-4,7-8,12H,2,5-6,9-11H2,1H3,(H,18,20)(H,22,23)/t12-/m1/s1. The normalized spacial score (nSPS) is 17.2. The second-order valence-electron chi connectivity index (χ2n) is 5.67. The van der Waals surface area contributed by atoms with Gasteiger partial charge in [0.2, 0.25) is 11.8 Å². The molecule has 0 saturated carbocycles. The van der Waals surface area contributed by atoms with Crippen LogP contribution in [0.25, 0.3) is 0 Å². The van der Waals surface area contributed by atoms with Crippen LogP contribution in [0.1, 0.15) is 26.2 Å². The molecule has 0 radical (unpaired) electrons. The van der Waals surface area contributed by atoms with Crippen molar-refractivity contribution in [3.8, 4) is 5.75 Å². The highest BCUT2D eigenvalue weighted by atomic mass is 16.5. The molecule has 2 N–H and O–H groups in total. The zero-order valence-corrected chi connectivity index (χ0v) is 13.7. The number of nitrogens with one attached hydrogen (secondary N) is 1. The van der Waals surface area contributed by atoms with Crippen LogP contribution in [0, 0.1) is 5.92 Å². The highest BCUT2D eigenvalue weighted by Crippen LogP contribution is 2.24. The molecular formula is C17H22N2O5. The van der Waals surface area contributed by atoms with Gasteiger partial charge in [0.05, 0.1) is 18.2 Å². The molecule has 1 aromatic rings. The third kappa shape index (κ3) is 4.71. The number of carbonyl (C=O) groups excluding carboxylic acids is 2. The molecule has 1 aromatic carbocycles. The van der Waals surface area contributed by atoms with Crippen molar-refractivity contribution in [3.05, 3.63) is 24.3 Å². The molecule has 130 valence electrons. The van der Waals surface area contributed by atoms with E-state index in [2.05, 4.69) is 5.32 Å². The first kappa shape index (κ1) is 17.8. The van der Waals surface area contributed by atoms with E-state index in [1.54, 1.807) is 24.3 Å². The van der Waals surface area contributed by atoms with E-state index < -0.39 is 17.8 Å². The third-order valence-electron chi connectivity index (χ3n) is 3.90. The molecule has 1 aliphatic heterocycles. The van der Waals surface area contributed by atoms with Crippen LogP contribution in [0.4, 0.5) is 5.69 Å². The number of benzene rings is 1. The number of hydrogen-bond donors (Lipinski definition) is 2. The maximum absolute atomic E-state index is 12.2. The van der Waals surface area contributed by atoms with Crippen molar-refractivity contribution >= 4 is 23.5 Å². The molecule has 7 heteroatoms. The van der Waals surface area contributed by atoms with E-state index in [-0.39, 0.29) is 18.9 Å². The van der Waals surface area contributed by atoms with Crippen molar-refractivity contribution in [2.75, 3.05) is 25.0 Å². The number of carbonyl (C=O) groups is 3. The number of piperidine rings is 1. The maximum Gasteiger partial charge on any atom is 0.308 e. The van der Waals surface area contributed by atoms with Crippen LogP contribution in [0.15, 0.2) is 24.3 Å². The van der Waals surface area contributed by atoms with Gasteiger partial charge in [-0.2, -0.15) is 0 Å². The van der Waals surface area contributed by atoms with Crippen molar-refractivity contribution < 1.29 is 24.2 Å². The van der Waals surface area contributed by atoms with Gasteiger partial charge in [-0.25, -0.2) is 0 Å². The fraction of sp³-hybridized carbons (Fsp3) is 0.471. The number of ether oxygens (including phenoxy) is 1. The lowest BCUT2D eigenvalue weighted by Gasteiger charge is -2.30. The average molecular weight is 334 g/mol. The summed E-state index contributed by atoms with van der Waals surface area (Å²) in [5.74, 6) is -1.70. The van der Waals surface area contributed by atoms with Gasteiger partial charge in [-0.3, -0.25) is 14.4 Å². The van der Waals surface area contributed by atoms with Gasteiger partial charge in [0, 0.05) is 13.1 Å². The smallest absolute Gasteiger partial charge is 0.308 e. The molecule has 0 aromatic heterocycles. The molecule has 1 atom stereocenters. The highest BCUT2D eigenvalue weighted by molar-refractivity contribution is 6.04. The first-order chi connectivity index (χ1) is 11.5. The van der Waals surface area contributed by atoms with Gasteiger partial charge >= 0.3 is 5.97 Å². The largest absolute Gasteiger partial charge is 0.492 e. The summed E-state index contributed by atoms with van der Waals surface area (Å²) >= 11 is 0. The summed E-state index contributed by atoms with van der Waals surface area (Å²) in [6, 6.07) is 7.01. The Morgan fingerprint density at radius 1 is 1.33 bits per heavy atom. The molecule has 0 spiro atoms. The molecular weight excluding hydrogens is 312 g/mol. The van der Waals surface area contributed by atoms with Crippen LogP contribution in [0.3, 0.4) is 0 Å². The first-order valence-electron chi connectivity index (χ1n) is 8.03. The number of amides is 2. The minimum absolute atomic E-state index is 0.164. The van der Waals surface area contributed by atoms with Gasteiger partial charge in [0.25, 0.3) is 0 Å². The maximum atomic E-state index is 12.2. The van der Waals surface area contributed by atoms with E-state index in [1.807, 2.05) is 6.92 Å². The molecule has 7 nitrogen and oxygen atoms in total. The minimum atomic E-state index is -0.900. The number of carboxylic acids is 1. The van der Waals surface area contributed by atoms with Crippen LogP contribution < -0.4 is 10.1 Å². The predicted octanol–water partition coefficient (Wildman–Crippen LogP) is 1.74. The highest BCUT2D eigenvalue weighted by Gasteiger charge is 2.28. The lowest BCUT2D eigenvalue weighted by molar-refractivity contribution is -0.145. The molecule has 1 saturated heterocycles. The zero-order chi connectivity index (χ0) is 17.5. The summed E-state index contributed by atoms with van der Waals surface area (Å²) in [5, 5.41) is 11.7. The van der Waals surface area contributed by atoms with Gasteiger partial charge in [-0.15, -0.1) is 0 Å². The Balaban J connectivity index is 1.92. The first-order valence-corrected chi connectivity index (χ1v) is 8.03. The number of likely N-dealkylation sites (tertiary alicyclic amines) is 1. The van der Waals surface area contributed by atoms with Gasteiger partial charge in [0.1, 0.15) is 12.2 Å². The van der Waals surface area contributed by atoms with Gasteiger partial charge in [-0.05, 0) is 31.9 Å². The van der Waals surface area contributed by atoms with E-state index in [1.165, 1.54) is 4.90 Å². The fourth-order valence-electron chi connectivity index (χ4n) is 2.70. The van der Waals surface area contributed by atoms with Crippen molar-refractivity contribution in [1.29, 1.82) is 0 Å². The second kappa shape index (κ2) is 8.33. The van der Waals surface area contributed by atoms with Gasteiger partial charge < -0.3 is 20.1 Å². The molecule has 24 heavy (non-hydrogen) atoms. The quantitative estimate of drug-likeness (QED) is 0.773. The van der Waals surface area contributed by atoms with Crippen molar-refractivity contribution in [2.45, 2.75) is 26.2 Å². The number of hydrogen-bond acceptors (Lipinski definition) is 4. The van der Waals surface area contributed by atoms with E-state index in [9.17, 15) is 14.4 Å². The Morgan fingerprint density at radius 3 is 2.79 bits per heavy atom. The number of carboxylic acid groups (broad SMARTS) is 1. The predicted molar refractivity (Wildman–Crippen MR) is 87.8 cm³/mol. The Kier molecular flexibility index (Phi) is 6.17. The Hall–Kier alpha value is -2.57. The summed E-state index contributed by atoms with van der Waals surface area (Å²) in [6.07, 6.45) is 0.886. The summed E-state index contributed by atoms with van der Waals surface area (Å²) in [4.78, 5) is 36.8. The average Bonchev–Trinajstić information content (AvgIpc) is 2.57. The second-order valence-corrected chi connectivity index (χ2v) is 5.67. The van der Waals surface area contributed by atoms with Crippen LogP contribution >= 0.6 is 0 Å². The van der Waals surface area contributed by atoms with Crippen molar-refractivity contribution in [3.63, 3.8) is 0 Å². The Morgan fingerprint density at radius 2 is 2.08 bits per heavy atom. The van der Waals surface area contributed by atoms with Crippen LogP contribution in [0.2, 0.25) is 0 Å². The minimum Gasteiger partial charge on any atom is -0.492 e. The van der Waals surface area contributed by atoms with Crippen molar-refractivity contribution in [1.82, 2.24) is 4.90 Å².